The van der Waals surface area contributed by atoms with Gasteiger partial charge in [0.15, 0.2) is 5.16 Å². The maximum Gasteiger partial charge on any atom is 0.191 e. The zero-order chi connectivity index (χ0) is 14.7. The van der Waals surface area contributed by atoms with Crippen LogP contribution in [-0.2, 0) is 5.75 Å². The number of rotatable bonds is 4. The summed E-state index contributed by atoms with van der Waals surface area (Å²) >= 11 is 7.91. The van der Waals surface area contributed by atoms with Gasteiger partial charge in [0.05, 0.1) is 0 Å². The molecule has 2 heterocycles. The van der Waals surface area contributed by atoms with Crippen molar-refractivity contribution in [1.82, 2.24) is 20.1 Å². The highest BCUT2D eigenvalue weighted by atomic mass is 35.5. The molecule has 2 aromatic rings. The van der Waals surface area contributed by atoms with Crippen LogP contribution in [0, 0.1) is 6.92 Å². The van der Waals surface area contributed by atoms with E-state index in [1.54, 1.807) is 11.8 Å². The van der Waals surface area contributed by atoms with Gasteiger partial charge in [-0.25, -0.2) is 0 Å². The van der Waals surface area contributed by atoms with Crippen LogP contribution in [0.5, 0.6) is 0 Å². The number of benzene rings is 1. The SMILES string of the molecule is Cc1c(Cl)cccc1CSc1nncn1C1CCNCC1. The van der Waals surface area contributed by atoms with E-state index < -0.39 is 0 Å². The van der Waals surface area contributed by atoms with E-state index in [9.17, 15) is 0 Å². The Morgan fingerprint density at radius 1 is 1.38 bits per heavy atom. The van der Waals surface area contributed by atoms with Crippen LogP contribution in [-0.4, -0.2) is 27.9 Å². The summed E-state index contributed by atoms with van der Waals surface area (Å²) in [4.78, 5) is 0. The lowest BCUT2D eigenvalue weighted by atomic mass is 10.1. The average Bonchev–Trinajstić information content (AvgIpc) is 2.98. The highest BCUT2D eigenvalue weighted by Gasteiger charge is 2.18. The van der Waals surface area contributed by atoms with Gasteiger partial charge in [0, 0.05) is 16.8 Å². The van der Waals surface area contributed by atoms with Gasteiger partial charge in [-0.05, 0) is 50.0 Å². The van der Waals surface area contributed by atoms with Gasteiger partial charge in [-0.3, -0.25) is 0 Å². The van der Waals surface area contributed by atoms with E-state index in [2.05, 4.69) is 33.1 Å². The minimum Gasteiger partial charge on any atom is -0.317 e. The molecule has 0 bridgehead atoms. The second kappa shape index (κ2) is 6.81. The van der Waals surface area contributed by atoms with Gasteiger partial charge in [-0.15, -0.1) is 10.2 Å². The minimum absolute atomic E-state index is 0.518. The largest absolute Gasteiger partial charge is 0.317 e. The summed E-state index contributed by atoms with van der Waals surface area (Å²) in [6.45, 7) is 4.20. The van der Waals surface area contributed by atoms with Crippen molar-refractivity contribution in [2.75, 3.05) is 13.1 Å². The molecule has 21 heavy (non-hydrogen) atoms. The quantitative estimate of drug-likeness (QED) is 0.875. The van der Waals surface area contributed by atoms with Crippen molar-refractivity contribution in [2.24, 2.45) is 0 Å². The molecule has 0 atom stereocenters. The highest BCUT2D eigenvalue weighted by Crippen LogP contribution is 2.29. The molecule has 0 radical (unpaired) electrons. The Kier molecular flexibility index (Phi) is 4.83. The van der Waals surface area contributed by atoms with E-state index in [1.165, 1.54) is 5.56 Å². The Hall–Kier alpha value is -1.04. The standard InChI is InChI=1S/C15H19ClN4S/c1-11-12(3-2-4-14(11)16)9-21-15-19-18-10-20(15)13-5-7-17-8-6-13/h2-4,10,13,17H,5-9H2,1H3. The lowest BCUT2D eigenvalue weighted by molar-refractivity contribution is 0.350. The Labute approximate surface area is 134 Å². The monoisotopic (exact) mass is 322 g/mol. The maximum atomic E-state index is 6.18. The molecule has 0 unspecified atom stereocenters. The van der Waals surface area contributed by atoms with Crippen LogP contribution in [0.25, 0.3) is 0 Å². The van der Waals surface area contributed by atoms with E-state index >= 15 is 0 Å². The molecule has 1 aromatic carbocycles. The van der Waals surface area contributed by atoms with Gasteiger partial charge in [-0.2, -0.15) is 0 Å². The first-order valence-electron chi connectivity index (χ1n) is 7.22. The number of thioether (sulfide) groups is 1. The van der Waals surface area contributed by atoms with Crippen LogP contribution in [0.4, 0.5) is 0 Å². The minimum atomic E-state index is 0.518. The van der Waals surface area contributed by atoms with Crippen molar-refractivity contribution in [3.8, 4) is 0 Å². The highest BCUT2D eigenvalue weighted by molar-refractivity contribution is 7.98. The Balaban J connectivity index is 1.71. The fourth-order valence-corrected chi connectivity index (χ4v) is 3.86. The summed E-state index contributed by atoms with van der Waals surface area (Å²) in [6.07, 6.45) is 4.15. The number of piperidine rings is 1. The third-order valence-corrected chi connectivity index (χ3v) is 5.39. The van der Waals surface area contributed by atoms with E-state index in [0.717, 1.165) is 47.4 Å². The van der Waals surface area contributed by atoms with Crippen LogP contribution in [0.2, 0.25) is 5.02 Å². The van der Waals surface area contributed by atoms with E-state index in [0.29, 0.717) is 6.04 Å². The fourth-order valence-electron chi connectivity index (χ4n) is 2.62. The normalized spacial score (nSPS) is 16.3. The first-order chi connectivity index (χ1) is 10.3. The third-order valence-electron chi connectivity index (χ3n) is 3.98. The predicted molar refractivity (Wildman–Crippen MR) is 86.9 cm³/mol. The van der Waals surface area contributed by atoms with Crippen molar-refractivity contribution in [2.45, 2.75) is 36.7 Å². The molecule has 1 aliphatic heterocycles. The summed E-state index contributed by atoms with van der Waals surface area (Å²) in [5, 5.41) is 13.6. The molecule has 112 valence electrons. The summed E-state index contributed by atoms with van der Waals surface area (Å²) < 4.78 is 2.23. The molecule has 1 saturated heterocycles. The van der Waals surface area contributed by atoms with E-state index in [4.69, 9.17) is 11.6 Å². The second-order valence-corrected chi connectivity index (χ2v) is 6.66. The van der Waals surface area contributed by atoms with Crippen molar-refractivity contribution >= 4 is 23.4 Å². The van der Waals surface area contributed by atoms with E-state index in [1.807, 2.05) is 18.5 Å². The second-order valence-electron chi connectivity index (χ2n) is 5.31. The molecular formula is C15H19ClN4S. The molecule has 1 N–H and O–H groups in total. The smallest absolute Gasteiger partial charge is 0.191 e. The number of nitrogens with one attached hydrogen (secondary N) is 1. The summed E-state index contributed by atoms with van der Waals surface area (Å²) in [6, 6.07) is 6.58. The molecule has 0 saturated carbocycles. The van der Waals surface area contributed by atoms with Crippen LogP contribution in [0.15, 0.2) is 29.7 Å². The van der Waals surface area contributed by atoms with Crippen LogP contribution in [0.1, 0.15) is 30.0 Å². The van der Waals surface area contributed by atoms with Gasteiger partial charge in [-0.1, -0.05) is 35.5 Å². The Morgan fingerprint density at radius 2 is 2.19 bits per heavy atom. The maximum absolute atomic E-state index is 6.18. The lowest BCUT2D eigenvalue weighted by Crippen LogP contribution is -2.29. The molecule has 0 aliphatic carbocycles. The summed E-state index contributed by atoms with van der Waals surface area (Å²) in [7, 11) is 0. The van der Waals surface area contributed by atoms with Crippen LogP contribution in [0.3, 0.4) is 0 Å². The van der Waals surface area contributed by atoms with E-state index in [-0.39, 0.29) is 0 Å². The van der Waals surface area contributed by atoms with Gasteiger partial charge in [0.25, 0.3) is 0 Å². The van der Waals surface area contributed by atoms with Crippen molar-refractivity contribution in [1.29, 1.82) is 0 Å². The first-order valence-corrected chi connectivity index (χ1v) is 8.59. The molecule has 4 nitrogen and oxygen atoms in total. The van der Waals surface area contributed by atoms with Gasteiger partial charge >= 0.3 is 0 Å². The average molecular weight is 323 g/mol. The van der Waals surface area contributed by atoms with Crippen molar-refractivity contribution < 1.29 is 0 Å². The number of aromatic nitrogens is 3. The molecule has 3 rings (SSSR count). The predicted octanol–water partition coefficient (Wildman–Crippen LogP) is 3.46. The molecule has 1 fully saturated rings. The molecule has 1 aromatic heterocycles. The number of halogens is 1. The first kappa shape index (κ1) is 14.9. The van der Waals surface area contributed by atoms with Crippen molar-refractivity contribution in [3.63, 3.8) is 0 Å². The molecule has 1 aliphatic rings. The molecule has 0 spiro atoms. The van der Waals surface area contributed by atoms with Crippen LogP contribution >= 0.6 is 23.4 Å². The van der Waals surface area contributed by atoms with Gasteiger partial charge in [0.2, 0.25) is 0 Å². The van der Waals surface area contributed by atoms with Crippen LogP contribution < -0.4 is 5.32 Å². The molecule has 0 amide bonds. The summed E-state index contributed by atoms with van der Waals surface area (Å²) in [5.41, 5.74) is 2.41. The fraction of sp³-hybridized carbons (Fsp3) is 0.467. The number of nitrogens with zero attached hydrogens (tertiary/aromatic N) is 3. The zero-order valence-electron chi connectivity index (χ0n) is 12.1. The summed E-state index contributed by atoms with van der Waals surface area (Å²) in [5.74, 6) is 0.871. The third kappa shape index (κ3) is 3.42. The van der Waals surface area contributed by atoms with Gasteiger partial charge in [0.1, 0.15) is 6.33 Å². The Bertz CT molecular complexity index is 607. The Morgan fingerprint density at radius 3 is 3.00 bits per heavy atom. The number of hydrogen-bond acceptors (Lipinski definition) is 4. The lowest BCUT2D eigenvalue weighted by Gasteiger charge is -2.24. The number of hydrogen-bond donors (Lipinski definition) is 1. The molecular weight excluding hydrogens is 304 g/mol. The van der Waals surface area contributed by atoms with Gasteiger partial charge < -0.3 is 9.88 Å². The molecule has 6 heteroatoms. The zero-order valence-corrected chi connectivity index (χ0v) is 13.6. The van der Waals surface area contributed by atoms with Crippen molar-refractivity contribution in [3.05, 3.63) is 40.7 Å². The topological polar surface area (TPSA) is 42.7 Å².